The molecular formula is C12H22N4. The van der Waals surface area contributed by atoms with Crippen LogP contribution in [0.2, 0.25) is 0 Å². The molecule has 2 N–H and O–H groups in total. The summed E-state index contributed by atoms with van der Waals surface area (Å²) in [6, 6.07) is 0. The normalized spacial score (nSPS) is 16.0. The second kappa shape index (κ2) is 4.95. The van der Waals surface area contributed by atoms with Crippen molar-refractivity contribution in [2.75, 3.05) is 6.54 Å². The molecule has 16 heavy (non-hydrogen) atoms. The van der Waals surface area contributed by atoms with Crippen molar-refractivity contribution in [1.29, 1.82) is 0 Å². The monoisotopic (exact) mass is 222 g/mol. The van der Waals surface area contributed by atoms with Crippen LogP contribution in [0.1, 0.15) is 50.4 Å². The van der Waals surface area contributed by atoms with E-state index >= 15 is 0 Å². The Morgan fingerprint density at radius 3 is 2.75 bits per heavy atom. The predicted octanol–water partition coefficient (Wildman–Crippen LogP) is 1.70. The van der Waals surface area contributed by atoms with Crippen molar-refractivity contribution in [3.63, 3.8) is 0 Å². The summed E-state index contributed by atoms with van der Waals surface area (Å²) in [5.41, 5.74) is 8.10. The third kappa shape index (κ3) is 2.61. The van der Waals surface area contributed by atoms with Gasteiger partial charge in [0, 0.05) is 18.9 Å². The van der Waals surface area contributed by atoms with Crippen LogP contribution in [0.4, 0.5) is 0 Å². The molecule has 0 atom stereocenters. The van der Waals surface area contributed by atoms with Gasteiger partial charge < -0.3 is 5.73 Å². The largest absolute Gasteiger partial charge is 0.330 e. The Labute approximate surface area is 97.2 Å². The van der Waals surface area contributed by atoms with Gasteiger partial charge in [-0.05, 0) is 31.7 Å². The van der Waals surface area contributed by atoms with E-state index in [1.54, 1.807) is 0 Å². The molecule has 1 aliphatic carbocycles. The maximum Gasteiger partial charge on any atom is 0.0874 e. The fourth-order valence-electron chi connectivity index (χ4n) is 2.02. The molecule has 1 heterocycles. The molecule has 0 unspecified atom stereocenters. The molecule has 0 spiro atoms. The fraction of sp³-hybridized carbons (Fsp3) is 0.833. The van der Waals surface area contributed by atoms with Crippen LogP contribution in [0.15, 0.2) is 0 Å². The van der Waals surface area contributed by atoms with Crippen molar-refractivity contribution in [3.05, 3.63) is 11.4 Å². The predicted molar refractivity (Wildman–Crippen MR) is 64.2 cm³/mol. The van der Waals surface area contributed by atoms with Gasteiger partial charge in [0.05, 0.1) is 11.4 Å². The van der Waals surface area contributed by atoms with Crippen molar-refractivity contribution in [1.82, 2.24) is 15.0 Å². The summed E-state index contributed by atoms with van der Waals surface area (Å²) in [7, 11) is 0. The Kier molecular flexibility index (Phi) is 3.59. The molecule has 1 aromatic rings. The second-order valence-electron chi connectivity index (χ2n) is 5.14. The summed E-state index contributed by atoms with van der Waals surface area (Å²) >= 11 is 0. The number of aromatic nitrogens is 3. The molecule has 0 aromatic carbocycles. The molecule has 1 fully saturated rings. The zero-order chi connectivity index (χ0) is 11.5. The van der Waals surface area contributed by atoms with E-state index in [1.165, 1.54) is 25.0 Å². The summed E-state index contributed by atoms with van der Waals surface area (Å²) < 4.78 is 2.11. The third-order valence-corrected chi connectivity index (χ3v) is 3.11. The SMILES string of the molecule is CC(C)CCn1nnc(CCN)c1C1CC1. The van der Waals surface area contributed by atoms with E-state index in [1.807, 2.05) is 0 Å². The van der Waals surface area contributed by atoms with Crippen LogP contribution in [-0.2, 0) is 13.0 Å². The molecule has 0 aliphatic heterocycles. The second-order valence-corrected chi connectivity index (χ2v) is 5.14. The first-order chi connectivity index (χ1) is 7.72. The quantitative estimate of drug-likeness (QED) is 0.797. The van der Waals surface area contributed by atoms with Gasteiger partial charge in [0.2, 0.25) is 0 Å². The maximum absolute atomic E-state index is 5.60. The highest BCUT2D eigenvalue weighted by Gasteiger charge is 2.30. The van der Waals surface area contributed by atoms with Gasteiger partial charge in [-0.15, -0.1) is 5.10 Å². The van der Waals surface area contributed by atoms with Gasteiger partial charge in [-0.25, -0.2) is 4.68 Å². The van der Waals surface area contributed by atoms with Crippen LogP contribution >= 0.6 is 0 Å². The first-order valence-electron chi connectivity index (χ1n) is 6.34. The fourth-order valence-corrected chi connectivity index (χ4v) is 2.02. The van der Waals surface area contributed by atoms with Crippen molar-refractivity contribution in [2.45, 2.75) is 52.0 Å². The van der Waals surface area contributed by atoms with Crippen LogP contribution in [0, 0.1) is 5.92 Å². The number of aryl methyl sites for hydroxylation is 1. The summed E-state index contributed by atoms with van der Waals surface area (Å²) in [5.74, 6) is 1.43. The van der Waals surface area contributed by atoms with Crippen LogP contribution in [0.25, 0.3) is 0 Å². The minimum Gasteiger partial charge on any atom is -0.330 e. The molecule has 90 valence electrons. The molecule has 0 saturated heterocycles. The lowest BCUT2D eigenvalue weighted by Crippen LogP contribution is -2.09. The minimum atomic E-state index is 0.669. The van der Waals surface area contributed by atoms with E-state index in [2.05, 4.69) is 28.8 Å². The summed E-state index contributed by atoms with van der Waals surface area (Å²) in [4.78, 5) is 0. The van der Waals surface area contributed by atoms with Crippen molar-refractivity contribution in [3.8, 4) is 0 Å². The van der Waals surface area contributed by atoms with Crippen LogP contribution < -0.4 is 5.73 Å². The van der Waals surface area contributed by atoms with Gasteiger partial charge in [0.1, 0.15) is 0 Å². The van der Waals surface area contributed by atoms with E-state index < -0.39 is 0 Å². The molecule has 0 bridgehead atoms. The summed E-state index contributed by atoms with van der Waals surface area (Å²) in [5, 5.41) is 8.56. The molecule has 1 saturated carbocycles. The molecule has 1 aromatic heterocycles. The van der Waals surface area contributed by atoms with E-state index in [0.717, 1.165) is 18.7 Å². The van der Waals surface area contributed by atoms with Crippen molar-refractivity contribution >= 4 is 0 Å². The van der Waals surface area contributed by atoms with Crippen LogP contribution in [-0.4, -0.2) is 21.5 Å². The number of nitrogens with two attached hydrogens (primary N) is 1. The van der Waals surface area contributed by atoms with E-state index in [0.29, 0.717) is 18.4 Å². The maximum atomic E-state index is 5.60. The number of nitrogens with zero attached hydrogens (tertiary/aromatic N) is 3. The highest BCUT2D eigenvalue weighted by molar-refractivity contribution is 5.20. The molecule has 0 radical (unpaired) electrons. The lowest BCUT2D eigenvalue weighted by Gasteiger charge is -2.08. The average Bonchev–Trinajstić information content (AvgIpc) is 2.99. The molecule has 4 heteroatoms. The van der Waals surface area contributed by atoms with Crippen molar-refractivity contribution < 1.29 is 0 Å². The van der Waals surface area contributed by atoms with Gasteiger partial charge in [-0.1, -0.05) is 19.1 Å². The highest BCUT2D eigenvalue weighted by Crippen LogP contribution is 2.41. The first-order valence-corrected chi connectivity index (χ1v) is 6.34. The first kappa shape index (κ1) is 11.6. The molecule has 4 nitrogen and oxygen atoms in total. The lowest BCUT2D eigenvalue weighted by atomic mass is 10.1. The number of hydrogen-bond donors (Lipinski definition) is 1. The average molecular weight is 222 g/mol. The molecule has 2 rings (SSSR count). The minimum absolute atomic E-state index is 0.669. The highest BCUT2D eigenvalue weighted by atomic mass is 15.4. The van der Waals surface area contributed by atoms with Gasteiger partial charge in [0.15, 0.2) is 0 Å². The Morgan fingerprint density at radius 2 is 2.19 bits per heavy atom. The zero-order valence-electron chi connectivity index (χ0n) is 10.3. The zero-order valence-corrected chi connectivity index (χ0v) is 10.3. The topological polar surface area (TPSA) is 56.7 Å². The standard InChI is InChI=1S/C12H22N4/c1-9(2)6-8-16-12(10-3-4-10)11(5-7-13)14-15-16/h9-10H,3-8,13H2,1-2H3. The number of hydrogen-bond acceptors (Lipinski definition) is 3. The smallest absolute Gasteiger partial charge is 0.0874 e. The Hall–Kier alpha value is -0.900. The molecular weight excluding hydrogens is 200 g/mol. The Balaban J connectivity index is 2.10. The van der Waals surface area contributed by atoms with Gasteiger partial charge in [-0.2, -0.15) is 0 Å². The number of rotatable bonds is 6. The van der Waals surface area contributed by atoms with Gasteiger partial charge in [0.25, 0.3) is 0 Å². The van der Waals surface area contributed by atoms with Crippen LogP contribution in [0.3, 0.4) is 0 Å². The Bertz CT molecular complexity index is 339. The van der Waals surface area contributed by atoms with Gasteiger partial charge in [-0.3, -0.25) is 0 Å². The lowest BCUT2D eigenvalue weighted by molar-refractivity contribution is 0.467. The Morgan fingerprint density at radius 1 is 1.44 bits per heavy atom. The van der Waals surface area contributed by atoms with Gasteiger partial charge >= 0.3 is 0 Å². The van der Waals surface area contributed by atoms with E-state index in [4.69, 9.17) is 5.73 Å². The van der Waals surface area contributed by atoms with E-state index in [9.17, 15) is 0 Å². The summed E-state index contributed by atoms with van der Waals surface area (Å²) in [6.45, 7) is 6.16. The van der Waals surface area contributed by atoms with Crippen LogP contribution in [0.5, 0.6) is 0 Å². The molecule has 1 aliphatic rings. The third-order valence-electron chi connectivity index (χ3n) is 3.11. The summed E-state index contributed by atoms with van der Waals surface area (Å²) in [6.07, 6.45) is 4.64. The van der Waals surface area contributed by atoms with E-state index in [-0.39, 0.29) is 0 Å². The molecule has 0 amide bonds. The van der Waals surface area contributed by atoms with Crippen molar-refractivity contribution in [2.24, 2.45) is 11.7 Å².